The van der Waals surface area contributed by atoms with E-state index in [0.717, 1.165) is 57.1 Å². The standard InChI is InChI=1S/C17H22ClFN4/c1-21-8-5-20-17(21)13-23-7-2-6-22(9-10-23)12-14-3-4-16(19)15(18)11-14/h3-5,8,11H,2,6-7,9-10,12-13H2,1H3. The lowest BCUT2D eigenvalue weighted by Crippen LogP contribution is -2.31. The first-order valence-corrected chi connectivity index (χ1v) is 8.34. The number of halogens is 2. The number of aromatic nitrogens is 2. The zero-order chi connectivity index (χ0) is 16.2. The van der Waals surface area contributed by atoms with Crippen molar-refractivity contribution in [2.45, 2.75) is 19.5 Å². The monoisotopic (exact) mass is 336 g/mol. The Morgan fingerprint density at radius 3 is 2.52 bits per heavy atom. The average Bonchev–Trinajstić information content (AvgIpc) is 2.79. The molecule has 2 heterocycles. The molecule has 0 spiro atoms. The van der Waals surface area contributed by atoms with Crippen LogP contribution in [0.1, 0.15) is 17.8 Å². The van der Waals surface area contributed by atoms with Crippen LogP contribution in [-0.2, 0) is 20.1 Å². The molecule has 0 atom stereocenters. The fraction of sp³-hybridized carbons (Fsp3) is 0.471. The molecule has 1 aromatic heterocycles. The lowest BCUT2D eigenvalue weighted by Gasteiger charge is -2.21. The topological polar surface area (TPSA) is 24.3 Å². The third kappa shape index (κ3) is 4.31. The SMILES string of the molecule is Cn1ccnc1CN1CCCN(Cc2ccc(F)c(Cl)c2)CC1. The number of nitrogens with zero attached hydrogens (tertiary/aromatic N) is 4. The molecule has 0 amide bonds. The summed E-state index contributed by atoms with van der Waals surface area (Å²) in [5.41, 5.74) is 1.06. The van der Waals surface area contributed by atoms with Gasteiger partial charge >= 0.3 is 0 Å². The maximum Gasteiger partial charge on any atom is 0.141 e. The maximum atomic E-state index is 13.2. The fourth-order valence-electron chi connectivity index (χ4n) is 2.99. The second kappa shape index (κ2) is 7.43. The Hall–Kier alpha value is -1.43. The maximum absolute atomic E-state index is 13.2. The van der Waals surface area contributed by atoms with Crippen LogP contribution in [-0.4, -0.2) is 45.5 Å². The van der Waals surface area contributed by atoms with E-state index in [9.17, 15) is 4.39 Å². The molecule has 0 aliphatic carbocycles. The molecule has 0 bridgehead atoms. The van der Waals surface area contributed by atoms with Crippen molar-refractivity contribution < 1.29 is 4.39 Å². The molecule has 1 aromatic carbocycles. The van der Waals surface area contributed by atoms with Crippen molar-refractivity contribution in [2.24, 2.45) is 7.05 Å². The third-order valence-electron chi connectivity index (χ3n) is 4.36. The van der Waals surface area contributed by atoms with E-state index in [1.54, 1.807) is 6.07 Å². The van der Waals surface area contributed by atoms with Crippen LogP contribution >= 0.6 is 11.6 Å². The van der Waals surface area contributed by atoms with Crippen molar-refractivity contribution in [2.75, 3.05) is 26.2 Å². The molecule has 0 unspecified atom stereocenters. The molecule has 0 N–H and O–H groups in total. The van der Waals surface area contributed by atoms with E-state index in [4.69, 9.17) is 11.6 Å². The number of benzene rings is 1. The van der Waals surface area contributed by atoms with Crippen LogP contribution in [0.25, 0.3) is 0 Å². The van der Waals surface area contributed by atoms with Gasteiger partial charge in [-0.25, -0.2) is 9.37 Å². The molecular weight excluding hydrogens is 315 g/mol. The second-order valence-corrected chi connectivity index (χ2v) is 6.52. The van der Waals surface area contributed by atoms with Gasteiger partial charge in [0.2, 0.25) is 0 Å². The largest absolute Gasteiger partial charge is 0.337 e. The van der Waals surface area contributed by atoms with Gasteiger partial charge in [0.15, 0.2) is 0 Å². The minimum atomic E-state index is -0.354. The minimum absolute atomic E-state index is 0.203. The summed E-state index contributed by atoms with van der Waals surface area (Å²) in [5.74, 6) is 0.747. The summed E-state index contributed by atoms with van der Waals surface area (Å²) >= 11 is 5.87. The van der Waals surface area contributed by atoms with E-state index in [0.29, 0.717) is 0 Å². The highest BCUT2D eigenvalue weighted by atomic mass is 35.5. The first-order valence-electron chi connectivity index (χ1n) is 7.96. The van der Waals surface area contributed by atoms with Crippen LogP contribution in [0.5, 0.6) is 0 Å². The summed E-state index contributed by atoms with van der Waals surface area (Å²) in [6, 6.07) is 4.99. The third-order valence-corrected chi connectivity index (χ3v) is 4.65. The molecule has 0 saturated carbocycles. The van der Waals surface area contributed by atoms with E-state index >= 15 is 0 Å². The van der Waals surface area contributed by atoms with Crippen molar-refractivity contribution in [1.82, 2.24) is 19.4 Å². The molecule has 4 nitrogen and oxygen atoms in total. The summed E-state index contributed by atoms with van der Waals surface area (Å²) in [7, 11) is 2.03. The Kier molecular flexibility index (Phi) is 5.30. The molecule has 6 heteroatoms. The number of rotatable bonds is 4. The highest BCUT2D eigenvalue weighted by molar-refractivity contribution is 6.30. The van der Waals surface area contributed by atoms with E-state index in [1.165, 1.54) is 6.07 Å². The number of hydrogen-bond acceptors (Lipinski definition) is 3. The first kappa shape index (κ1) is 16.4. The average molecular weight is 337 g/mol. The van der Waals surface area contributed by atoms with E-state index in [1.807, 2.05) is 25.5 Å². The molecular formula is C17H22ClFN4. The second-order valence-electron chi connectivity index (χ2n) is 6.11. The summed E-state index contributed by atoms with van der Waals surface area (Å²) in [4.78, 5) is 9.25. The molecule has 1 saturated heterocycles. The molecule has 0 radical (unpaired) electrons. The highest BCUT2D eigenvalue weighted by Crippen LogP contribution is 2.18. The summed E-state index contributed by atoms with van der Waals surface area (Å²) in [6.07, 6.45) is 4.95. The lowest BCUT2D eigenvalue weighted by molar-refractivity contribution is 0.242. The van der Waals surface area contributed by atoms with Crippen molar-refractivity contribution in [3.63, 3.8) is 0 Å². The zero-order valence-corrected chi connectivity index (χ0v) is 14.1. The van der Waals surface area contributed by atoms with Gasteiger partial charge in [-0.05, 0) is 37.2 Å². The Bertz CT molecular complexity index is 658. The van der Waals surface area contributed by atoms with Gasteiger partial charge in [-0.3, -0.25) is 9.80 Å². The van der Waals surface area contributed by atoms with Crippen LogP contribution in [0.15, 0.2) is 30.6 Å². The van der Waals surface area contributed by atoms with Gasteiger partial charge in [-0.15, -0.1) is 0 Å². The van der Waals surface area contributed by atoms with Crippen LogP contribution in [0.2, 0.25) is 5.02 Å². The van der Waals surface area contributed by atoms with Gasteiger partial charge in [0.1, 0.15) is 11.6 Å². The van der Waals surface area contributed by atoms with Crippen molar-refractivity contribution >= 4 is 11.6 Å². The van der Waals surface area contributed by atoms with Gasteiger partial charge in [0.05, 0.1) is 11.6 Å². The molecule has 124 valence electrons. The Labute approximate surface area is 141 Å². The Balaban J connectivity index is 1.55. The smallest absolute Gasteiger partial charge is 0.141 e. The van der Waals surface area contributed by atoms with Crippen molar-refractivity contribution in [3.05, 3.63) is 52.8 Å². The van der Waals surface area contributed by atoms with E-state index < -0.39 is 0 Å². The van der Waals surface area contributed by atoms with Gasteiger partial charge in [-0.2, -0.15) is 0 Å². The summed E-state index contributed by atoms with van der Waals surface area (Å²) < 4.78 is 15.3. The molecule has 23 heavy (non-hydrogen) atoms. The summed E-state index contributed by atoms with van der Waals surface area (Å²) in [5, 5.41) is 0.203. The lowest BCUT2D eigenvalue weighted by atomic mass is 10.2. The molecule has 1 aliphatic heterocycles. The highest BCUT2D eigenvalue weighted by Gasteiger charge is 2.16. The molecule has 1 fully saturated rings. The zero-order valence-electron chi connectivity index (χ0n) is 13.4. The first-order chi connectivity index (χ1) is 11.1. The van der Waals surface area contributed by atoms with Crippen molar-refractivity contribution in [3.8, 4) is 0 Å². The number of aryl methyl sites for hydroxylation is 1. The Morgan fingerprint density at radius 1 is 1.13 bits per heavy atom. The van der Waals surface area contributed by atoms with Crippen molar-refractivity contribution in [1.29, 1.82) is 0 Å². The molecule has 3 rings (SSSR count). The predicted octanol–water partition coefficient (Wildman–Crippen LogP) is 2.92. The summed E-state index contributed by atoms with van der Waals surface area (Å²) in [6.45, 7) is 5.84. The molecule has 2 aromatic rings. The van der Waals surface area contributed by atoms with Crippen LogP contribution < -0.4 is 0 Å². The van der Waals surface area contributed by atoms with E-state index in [-0.39, 0.29) is 10.8 Å². The number of hydrogen-bond donors (Lipinski definition) is 0. The van der Waals surface area contributed by atoms with Gasteiger partial charge in [-0.1, -0.05) is 17.7 Å². The van der Waals surface area contributed by atoms with Gasteiger partial charge in [0.25, 0.3) is 0 Å². The van der Waals surface area contributed by atoms with Crippen LogP contribution in [0.3, 0.4) is 0 Å². The number of imidazole rings is 1. The van der Waals surface area contributed by atoms with Crippen LogP contribution in [0.4, 0.5) is 4.39 Å². The Morgan fingerprint density at radius 2 is 1.87 bits per heavy atom. The van der Waals surface area contributed by atoms with E-state index in [2.05, 4.69) is 19.4 Å². The quantitative estimate of drug-likeness (QED) is 0.858. The predicted molar refractivity (Wildman–Crippen MR) is 89.8 cm³/mol. The van der Waals surface area contributed by atoms with Crippen LogP contribution in [0, 0.1) is 5.82 Å². The minimum Gasteiger partial charge on any atom is -0.337 e. The van der Waals surface area contributed by atoms with Gasteiger partial charge in [0, 0.05) is 39.1 Å². The molecule has 1 aliphatic rings. The van der Waals surface area contributed by atoms with Gasteiger partial charge < -0.3 is 4.57 Å². The normalized spacial score (nSPS) is 17.3. The fourth-order valence-corrected chi connectivity index (χ4v) is 3.19.